The Bertz CT molecular complexity index is 440. The number of rotatable bonds is 5. The topological polar surface area (TPSA) is 39.6 Å². The summed E-state index contributed by atoms with van der Waals surface area (Å²) in [4.78, 5) is 8.79. The van der Waals surface area contributed by atoms with Crippen molar-refractivity contribution in [1.82, 2.24) is 14.8 Å². The largest absolute Gasteiger partial charge is 0.386 e. The Morgan fingerprint density at radius 2 is 2.19 bits per heavy atom. The van der Waals surface area contributed by atoms with Crippen molar-refractivity contribution >= 4 is 0 Å². The molecule has 0 radical (unpaired) electrons. The summed E-state index contributed by atoms with van der Waals surface area (Å²) in [7, 11) is 2.17. The second kappa shape index (κ2) is 7.29. The number of hydrogen-bond donors (Lipinski definition) is 1. The molecule has 21 heavy (non-hydrogen) atoms. The molecular formula is C16H26FN3O. The number of likely N-dealkylation sites (N-methyl/N-ethyl adjacent to an activating group) is 1. The molecule has 2 rings (SSSR count). The van der Waals surface area contributed by atoms with Crippen LogP contribution in [0, 0.1) is 11.7 Å². The smallest absolute Gasteiger partial charge is 0.141 e. The molecule has 1 aliphatic rings. The van der Waals surface area contributed by atoms with E-state index in [2.05, 4.69) is 28.8 Å². The van der Waals surface area contributed by atoms with E-state index in [1.165, 1.54) is 6.07 Å². The van der Waals surface area contributed by atoms with Crippen LogP contribution < -0.4 is 0 Å². The Labute approximate surface area is 126 Å². The maximum Gasteiger partial charge on any atom is 0.141 e. The van der Waals surface area contributed by atoms with E-state index in [9.17, 15) is 9.50 Å². The molecule has 4 nitrogen and oxygen atoms in total. The van der Waals surface area contributed by atoms with Crippen molar-refractivity contribution in [3.05, 3.63) is 29.8 Å². The van der Waals surface area contributed by atoms with E-state index < -0.39 is 6.10 Å². The molecule has 0 bridgehead atoms. The van der Waals surface area contributed by atoms with Crippen molar-refractivity contribution in [1.29, 1.82) is 0 Å². The Morgan fingerprint density at radius 3 is 2.81 bits per heavy atom. The first-order valence-electron chi connectivity index (χ1n) is 7.73. The van der Waals surface area contributed by atoms with Gasteiger partial charge in [0.05, 0.1) is 18.0 Å². The predicted octanol–water partition coefficient (Wildman–Crippen LogP) is 1.92. The van der Waals surface area contributed by atoms with Gasteiger partial charge in [0.15, 0.2) is 0 Å². The third-order valence-corrected chi connectivity index (χ3v) is 4.47. The highest BCUT2D eigenvalue weighted by atomic mass is 19.1. The quantitative estimate of drug-likeness (QED) is 0.901. The van der Waals surface area contributed by atoms with Crippen LogP contribution in [0.4, 0.5) is 4.39 Å². The van der Waals surface area contributed by atoms with Crippen LogP contribution in [-0.2, 0) is 0 Å². The second-order valence-corrected chi connectivity index (χ2v) is 6.13. The van der Waals surface area contributed by atoms with Crippen LogP contribution in [0.5, 0.6) is 0 Å². The Balaban J connectivity index is 1.91. The standard InChI is InChI=1S/C16H26FN3O/c1-4-14-11-20(8-7-19(14)3)10-12(2)16(21)15-6-5-13(17)9-18-15/h5-6,9,12,14,16,21H,4,7-8,10-11H2,1-3H3. The fourth-order valence-electron chi connectivity index (χ4n) is 2.98. The molecule has 1 aromatic heterocycles. The zero-order chi connectivity index (χ0) is 15.4. The molecule has 0 saturated carbocycles. The number of aliphatic hydroxyl groups is 1. The lowest BCUT2D eigenvalue weighted by Gasteiger charge is -2.40. The third-order valence-electron chi connectivity index (χ3n) is 4.47. The van der Waals surface area contributed by atoms with Crippen LogP contribution in [-0.4, -0.2) is 59.2 Å². The molecule has 1 N–H and O–H groups in total. The van der Waals surface area contributed by atoms with Crippen LogP contribution in [0.3, 0.4) is 0 Å². The minimum absolute atomic E-state index is 0.0730. The van der Waals surface area contributed by atoms with E-state index in [4.69, 9.17) is 0 Å². The van der Waals surface area contributed by atoms with Gasteiger partial charge in [-0.2, -0.15) is 0 Å². The average molecular weight is 295 g/mol. The summed E-state index contributed by atoms with van der Waals surface area (Å²) in [5.74, 6) is -0.299. The maximum absolute atomic E-state index is 12.9. The molecule has 1 aromatic rings. The summed E-state index contributed by atoms with van der Waals surface area (Å²) in [5, 5.41) is 10.4. The van der Waals surface area contributed by atoms with Crippen molar-refractivity contribution in [3.8, 4) is 0 Å². The van der Waals surface area contributed by atoms with Crippen molar-refractivity contribution in [3.63, 3.8) is 0 Å². The molecule has 2 heterocycles. The predicted molar refractivity (Wildman–Crippen MR) is 81.5 cm³/mol. The van der Waals surface area contributed by atoms with E-state index in [0.29, 0.717) is 11.7 Å². The van der Waals surface area contributed by atoms with Gasteiger partial charge in [0.25, 0.3) is 0 Å². The van der Waals surface area contributed by atoms with E-state index in [0.717, 1.165) is 38.8 Å². The molecule has 118 valence electrons. The molecular weight excluding hydrogens is 269 g/mol. The van der Waals surface area contributed by atoms with Gasteiger partial charge in [0.1, 0.15) is 5.82 Å². The van der Waals surface area contributed by atoms with Gasteiger partial charge in [-0.1, -0.05) is 13.8 Å². The normalized spacial score (nSPS) is 24.0. The molecule has 5 heteroatoms. The lowest BCUT2D eigenvalue weighted by Crippen LogP contribution is -2.52. The van der Waals surface area contributed by atoms with Crippen molar-refractivity contribution < 1.29 is 9.50 Å². The molecule has 0 spiro atoms. The Hall–Kier alpha value is -1.04. The van der Waals surface area contributed by atoms with Crippen LogP contribution >= 0.6 is 0 Å². The highest BCUT2D eigenvalue weighted by Crippen LogP contribution is 2.22. The van der Waals surface area contributed by atoms with E-state index >= 15 is 0 Å². The summed E-state index contributed by atoms with van der Waals surface area (Å²) in [5.41, 5.74) is 0.546. The molecule has 1 saturated heterocycles. The van der Waals surface area contributed by atoms with Gasteiger partial charge >= 0.3 is 0 Å². The monoisotopic (exact) mass is 295 g/mol. The van der Waals surface area contributed by atoms with E-state index in [1.54, 1.807) is 6.07 Å². The van der Waals surface area contributed by atoms with Gasteiger partial charge in [0.2, 0.25) is 0 Å². The van der Waals surface area contributed by atoms with Gasteiger partial charge in [-0.05, 0) is 25.6 Å². The summed E-state index contributed by atoms with van der Waals surface area (Å²) >= 11 is 0. The molecule has 0 aliphatic carbocycles. The fourth-order valence-corrected chi connectivity index (χ4v) is 2.98. The van der Waals surface area contributed by atoms with Crippen molar-refractivity contribution in [2.24, 2.45) is 5.92 Å². The van der Waals surface area contributed by atoms with Crippen LogP contribution in [0.1, 0.15) is 32.1 Å². The number of aliphatic hydroxyl groups excluding tert-OH is 1. The molecule has 0 amide bonds. The zero-order valence-electron chi connectivity index (χ0n) is 13.2. The average Bonchev–Trinajstić information content (AvgIpc) is 2.49. The summed E-state index contributed by atoms with van der Waals surface area (Å²) in [6.07, 6.45) is 1.66. The summed E-state index contributed by atoms with van der Waals surface area (Å²) in [6, 6.07) is 3.50. The van der Waals surface area contributed by atoms with Gasteiger partial charge in [0, 0.05) is 38.1 Å². The van der Waals surface area contributed by atoms with Crippen molar-refractivity contribution in [2.75, 3.05) is 33.2 Å². The lowest BCUT2D eigenvalue weighted by molar-refractivity contribution is 0.0459. The number of aromatic nitrogens is 1. The highest BCUT2D eigenvalue weighted by Gasteiger charge is 2.26. The summed E-state index contributed by atoms with van der Waals surface area (Å²) in [6.45, 7) is 8.21. The highest BCUT2D eigenvalue weighted by molar-refractivity contribution is 5.09. The molecule has 3 atom stereocenters. The van der Waals surface area contributed by atoms with Gasteiger partial charge in [-0.25, -0.2) is 4.39 Å². The zero-order valence-corrected chi connectivity index (χ0v) is 13.2. The number of halogens is 1. The molecule has 1 aliphatic heterocycles. The van der Waals surface area contributed by atoms with E-state index in [-0.39, 0.29) is 11.7 Å². The van der Waals surface area contributed by atoms with Gasteiger partial charge in [-0.15, -0.1) is 0 Å². The first kappa shape index (κ1) is 16.3. The number of pyridine rings is 1. The van der Waals surface area contributed by atoms with Crippen LogP contribution in [0.25, 0.3) is 0 Å². The number of hydrogen-bond acceptors (Lipinski definition) is 4. The van der Waals surface area contributed by atoms with Crippen LogP contribution in [0.2, 0.25) is 0 Å². The first-order valence-corrected chi connectivity index (χ1v) is 7.73. The third kappa shape index (κ3) is 4.22. The molecule has 1 fully saturated rings. The van der Waals surface area contributed by atoms with Crippen molar-refractivity contribution in [2.45, 2.75) is 32.4 Å². The minimum Gasteiger partial charge on any atom is -0.386 e. The first-order chi connectivity index (χ1) is 10.0. The minimum atomic E-state index is -0.648. The molecule has 0 aromatic carbocycles. The van der Waals surface area contributed by atoms with Gasteiger partial charge < -0.3 is 14.9 Å². The number of nitrogens with zero attached hydrogens (tertiary/aromatic N) is 3. The molecule has 3 unspecified atom stereocenters. The van der Waals surface area contributed by atoms with E-state index in [1.807, 2.05) is 6.92 Å². The summed E-state index contributed by atoms with van der Waals surface area (Å²) < 4.78 is 12.9. The van der Waals surface area contributed by atoms with Crippen LogP contribution in [0.15, 0.2) is 18.3 Å². The Kier molecular flexibility index (Phi) is 5.67. The second-order valence-electron chi connectivity index (χ2n) is 6.13. The fraction of sp³-hybridized carbons (Fsp3) is 0.688. The maximum atomic E-state index is 12.9. The number of piperazine rings is 1. The van der Waals surface area contributed by atoms with Gasteiger partial charge in [-0.3, -0.25) is 4.98 Å². The lowest BCUT2D eigenvalue weighted by atomic mass is 9.99. The SMILES string of the molecule is CCC1CN(CC(C)C(O)c2ccc(F)cn2)CCN1C. The Morgan fingerprint density at radius 1 is 1.43 bits per heavy atom.